The van der Waals surface area contributed by atoms with Gasteiger partial charge in [-0.2, -0.15) is 0 Å². The van der Waals surface area contributed by atoms with Crippen LogP contribution in [0.5, 0.6) is 0 Å². The number of carbonyl (C=O) groups excluding carboxylic acids is 1. The zero-order chi connectivity index (χ0) is 18.9. The number of amides is 2. The molecule has 0 spiro atoms. The molecule has 2 heterocycles. The van der Waals surface area contributed by atoms with Crippen molar-refractivity contribution in [3.05, 3.63) is 48.7 Å². The van der Waals surface area contributed by atoms with Crippen LogP contribution in [0, 0.1) is 0 Å². The number of pyridine rings is 1. The number of carbonyl (C=O) groups is 2. The van der Waals surface area contributed by atoms with Gasteiger partial charge < -0.3 is 5.11 Å². The molecule has 1 aliphatic rings. The topological polar surface area (TPSA) is 73.7 Å². The van der Waals surface area contributed by atoms with Crippen molar-refractivity contribution in [1.29, 1.82) is 0 Å². The molecule has 6 nitrogen and oxygen atoms in total. The Morgan fingerprint density at radius 3 is 2.38 bits per heavy atom. The molecule has 1 aromatic heterocycles. The monoisotopic (exact) mass is 353 g/mol. The van der Waals surface area contributed by atoms with Gasteiger partial charge in [0.25, 0.3) is 5.91 Å². The number of aromatic nitrogens is 1. The predicted octanol–water partition coefficient (Wildman–Crippen LogP) is 3.63. The van der Waals surface area contributed by atoms with E-state index in [9.17, 15) is 14.7 Å². The molecule has 3 rings (SSSR count). The van der Waals surface area contributed by atoms with Crippen LogP contribution in [0.1, 0.15) is 27.2 Å². The molecule has 0 aliphatic carbocycles. The minimum absolute atomic E-state index is 0.220. The molecule has 0 saturated carbocycles. The van der Waals surface area contributed by atoms with Gasteiger partial charge in [0, 0.05) is 23.8 Å². The summed E-state index contributed by atoms with van der Waals surface area (Å²) in [5.41, 5.74) is 1.38. The zero-order valence-electron chi connectivity index (χ0n) is 15.2. The molecule has 1 aromatic carbocycles. The molecule has 0 unspecified atom stereocenters. The number of hydrogen-bond donors (Lipinski definition) is 1. The smallest absolute Gasteiger partial charge is 0.408 e. The van der Waals surface area contributed by atoms with Crippen LogP contribution in [0.4, 0.5) is 10.6 Å². The summed E-state index contributed by atoms with van der Waals surface area (Å²) in [7, 11) is 0. The Morgan fingerprint density at radius 1 is 1.15 bits per heavy atom. The van der Waals surface area contributed by atoms with Crippen LogP contribution in [-0.4, -0.2) is 45.1 Å². The Labute approximate surface area is 153 Å². The third-order valence-electron chi connectivity index (χ3n) is 4.55. The number of nitrogens with zero attached hydrogens (tertiary/aromatic N) is 3. The molecule has 26 heavy (non-hydrogen) atoms. The number of hydrogen-bond acceptors (Lipinski definition) is 3. The Kier molecular flexibility index (Phi) is 4.68. The molecule has 1 saturated heterocycles. The van der Waals surface area contributed by atoms with E-state index in [1.807, 2.05) is 42.5 Å². The lowest BCUT2D eigenvalue weighted by Gasteiger charge is -2.36. The molecular weight excluding hydrogens is 330 g/mol. The second kappa shape index (κ2) is 6.78. The largest absolute Gasteiger partial charge is 0.465 e. The minimum Gasteiger partial charge on any atom is -0.465 e. The molecule has 136 valence electrons. The van der Waals surface area contributed by atoms with Crippen molar-refractivity contribution in [2.45, 2.75) is 38.8 Å². The highest BCUT2D eigenvalue weighted by Crippen LogP contribution is 2.28. The van der Waals surface area contributed by atoms with Crippen molar-refractivity contribution < 1.29 is 14.7 Å². The Morgan fingerprint density at radius 2 is 1.85 bits per heavy atom. The summed E-state index contributed by atoms with van der Waals surface area (Å²) in [5.74, 6) is 0.332. The molecule has 6 heteroatoms. The summed E-state index contributed by atoms with van der Waals surface area (Å²) in [6.45, 7) is 5.85. The van der Waals surface area contributed by atoms with E-state index >= 15 is 0 Å². The fourth-order valence-corrected chi connectivity index (χ4v) is 3.37. The molecule has 2 aromatic rings. The average Bonchev–Trinajstić information content (AvgIpc) is 2.96. The normalized spacial score (nSPS) is 17.4. The van der Waals surface area contributed by atoms with Crippen LogP contribution in [0.2, 0.25) is 0 Å². The number of anilines is 1. The molecule has 0 radical (unpaired) electrons. The van der Waals surface area contributed by atoms with E-state index in [4.69, 9.17) is 0 Å². The van der Waals surface area contributed by atoms with E-state index in [0.717, 1.165) is 11.1 Å². The molecule has 1 atom stereocenters. The summed E-state index contributed by atoms with van der Waals surface area (Å²) in [4.78, 5) is 31.7. The third-order valence-corrected chi connectivity index (χ3v) is 4.55. The minimum atomic E-state index is -1.08. The van der Waals surface area contributed by atoms with Gasteiger partial charge in [0.1, 0.15) is 11.9 Å². The van der Waals surface area contributed by atoms with Gasteiger partial charge in [-0.3, -0.25) is 14.6 Å². The zero-order valence-corrected chi connectivity index (χ0v) is 15.2. The van der Waals surface area contributed by atoms with Crippen molar-refractivity contribution in [3.63, 3.8) is 0 Å². The maximum Gasteiger partial charge on any atom is 0.408 e. The van der Waals surface area contributed by atoms with Gasteiger partial charge in [-0.1, -0.05) is 30.3 Å². The van der Waals surface area contributed by atoms with Crippen LogP contribution in [-0.2, 0) is 4.79 Å². The lowest BCUT2D eigenvalue weighted by Crippen LogP contribution is -2.54. The van der Waals surface area contributed by atoms with Crippen LogP contribution < -0.4 is 4.90 Å². The number of benzene rings is 1. The molecular formula is C20H23N3O3. The van der Waals surface area contributed by atoms with Crippen molar-refractivity contribution in [3.8, 4) is 11.1 Å². The SMILES string of the molecule is CC(C)(C)N(C(=O)O)[C@H]1CCN(c2ccc(-c3ccccc3)cn2)C1=O. The lowest BCUT2D eigenvalue weighted by molar-refractivity contribution is -0.122. The fraction of sp³-hybridized carbons (Fsp3) is 0.350. The van der Waals surface area contributed by atoms with Crippen LogP contribution >= 0.6 is 0 Å². The Balaban J connectivity index is 1.81. The van der Waals surface area contributed by atoms with Gasteiger partial charge in [0.05, 0.1) is 0 Å². The molecule has 1 fully saturated rings. The highest BCUT2D eigenvalue weighted by molar-refractivity contribution is 6.00. The van der Waals surface area contributed by atoms with Gasteiger partial charge in [-0.05, 0) is 44.9 Å². The van der Waals surface area contributed by atoms with E-state index in [0.29, 0.717) is 18.8 Å². The van der Waals surface area contributed by atoms with Gasteiger partial charge in [0.2, 0.25) is 0 Å². The summed E-state index contributed by atoms with van der Waals surface area (Å²) in [6, 6.07) is 12.9. The van der Waals surface area contributed by atoms with Gasteiger partial charge in [0.15, 0.2) is 0 Å². The number of rotatable bonds is 3. The highest BCUT2D eigenvalue weighted by atomic mass is 16.4. The molecule has 1 N–H and O–H groups in total. The van der Waals surface area contributed by atoms with Gasteiger partial charge >= 0.3 is 6.09 Å². The van der Waals surface area contributed by atoms with Crippen molar-refractivity contribution >= 4 is 17.8 Å². The second-order valence-corrected chi connectivity index (χ2v) is 7.39. The van der Waals surface area contributed by atoms with Crippen LogP contribution in [0.25, 0.3) is 11.1 Å². The van der Waals surface area contributed by atoms with E-state index < -0.39 is 17.7 Å². The van der Waals surface area contributed by atoms with E-state index in [2.05, 4.69) is 4.98 Å². The van der Waals surface area contributed by atoms with Gasteiger partial charge in [-0.15, -0.1) is 0 Å². The molecule has 0 bridgehead atoms. The Hall–Kier alpha value is -2.89. The predicted molar refractivity (Wildman–Crippen MR) is 100 cm³/mol. The van der Waals surface area contributed by atoms with Crippen molar-refractivity contribution in [2.75, 3.05) is 11.4 Å². The summed E-state index contributed by atoms with van der Waals surface area (Å²) >= 11 is 0. The molecule has 2 amide bonds. The molecule has 1 aliphatic heterocycles. The van der Waals surface area contributed by atoms with Crippen LogP contribution in [0.3, 0.4) is 0 Å². The fourth-order valence-electron chi connectivity index (χ4n) is 3.37. The lowest BCUT2D eigenvalue weighted by atomic mass is 10.0. The van der Waals surface area contributed by atoms with Crippen molar-refractivity contribution in [2.24, 2.45) is 0 Å². The maximum atomic E-state index is 12.8. The van der Waals surface area contributed by atoms with E-state index in [1.165, 1.54) is 4.90 Å². The maximum absolute atomic E-state index is 12.8. The van der Waals surface area contributed by atoms with Gasteiger partial charge in [-0.25, -0.2) is 9.78 Å². The first-order chi connectivity index (χ1) is 12.3. The highest BCUT2D eigenvalue weighted by Gasteiger charge is 2.43. The summed E-state index contributed by atoms with van der Waals surface area (Å²) in [5, 5.41) is 9.55. The quantitative estimate of drug-likeness (QED) is 0.914. The first-order valence-electron chi connectivity index (χ1n) is 8.64. The Bertz CT molecular complexity index is 797. The summed E-state index contributed by atoms with van der Waals surface area (Å²) in [6.07, 6.45) is 1.12. The van der Waals surface area contributed by atoms with Crippen molar-refractivity contribution in [1.82, 2.24) is 9.88 Å². The van der Waals surface area contributed by atoms with E-state index in [1.54, 1.807) is 31.9 Å². The standard InChI is InChI=1S/C20H23N3O3/c1-20(2,3)23(19(25)26)16-11-12-22(18(16)24)17-10-9-15(13-21-17)14-7-5-4-6-8-14/h4-10,13,16H,11-12H2,1-3H3,(H,25,26)/t16-/m0/s1. The second-order valence-electron chi connectivity index (χ2n) is 7.39. The number of carboxylic acid groups (broad SMARTS) is 1. The van der Waals surface area contributed by atoms with Crippen LogP contribution in [0.15, 0.2) is 48.7 Å². The third kappa shape index (κ3) is 3.40. The first kappa shape index (κ1) is 17.9. The van der Waals surface area contributed by atoms with E-state index in [-0.39, 0.29) is 5.91 Å². The summed E-state index contributed by atoms with van der Waals surface area (Å²) < 4.78 is 0. The first-order valence-corrected chi connectivity index (χ1v) is 8.64. The average molecular weight is 353 g/mol.